The minimum absolute atomic E-state index is 0.191. The van der Waals surface area contributed by atoms with Gasteiger partial charge in [0.05, 0.1) is 29.2 Å². The molecule has 1 atom stereocenters. The normalized spacial score (nSPS) is 15.6. The van der Waals surface area contributed by atoms with Crippen molar-refractivity contribution in [3.8, 4) is 22.6 Å². The summed E-state index contributed by atoms with van der Waals surface area (Å²) in [6.45, 7) is 10.2. The maximum Gasteiger partial charge on any atom is 0.264 e. The topological polar surface area (TPSA) is 84.4 Å². The number of hydrogen-bond acceptors (Lipinski definition) is 5. The minimum atomic E-state index is -0.828. The smallest absolute Gasteiger partial charge is 0.264 e. The first-order valence-corrected chi connectivity index (χ1v) is 10.6. The second kappa shape index (κ2) is 8.11. The Morgan fingerprint density at radius 3 is 2.76 bits per heavy atom. The Hall–Kier alpha value is -4.09. The first kappa shape index (κ1) is 20.8. The molecule has 5 rings (SSSR count). The van der Waals surface area contributed by atoms with E-state index in [2.05, 4.69) is 15.1 Å². The van der Waals surface area contributed by atoms with Crippen molar-refractivity contribution in [3.05, 3.63) is 87.8 Å². The third-order valence-corrected chi connectivity index (χ3v) is 5.90. The van der Waals surface area contributed by atoms with Crippen LogP contribution in [0.4, 0.5) is 10.1 Å². The fraction of sp³-hybridized carbons (Fsp3) is 0.200. The van der Waals surface area contributed by atoms with E-state index in [1.165, 1.54) is 22.8 Å². The summed E-state index contributed by atoms with van der Waals surface area (Å²) in [4.78, 5) is 26.6. The van der Waals surface area contributed by atoms with E-state index < -0.39 is 17.1 Å². The zero-order chi connectivity index (χ0) is 23.1. The molecule has 8 heteroatoms. The lowest BCUT2D eigenvalue weighted by Crippen LogP contribution is -2.29. The number of nitrogens with one attached hydrogen (secondary N) is 1. The molecule has 2 aromatic heterocycles. The molecule has 0 aliphatic carbocycles. The molecule has 7 nitrogen and oxygen atoms in total. The number of aryl methyl sites for hydroxylation is 1. The highest BCUT2D eigenvalue weighted by molar-refractivity contribution is 5.96. The van der Waals surface area contributed by atoms with Gasteiger partial charge in [-0.3, -0.25) is 14.3 Å². The molecule has 0 unspecified atom stereocenters. The third kappa shape index (κ3) is 3.62. The number of nitrogens with zero attached hydrogens (tertiary/aromatic N) is 4. The standard InChI is InChI=1S/C25H20FN5O2/c1-14-5-6-15(13-29-14)18-10-16(27-2)11-19-23(18)30-24(21-4-3-9-28-21)31(25(19)33)17-7-8-22(32)20(26)12-17/h5-8,10-13,21,28,32H,3-4,9H2,1H3/t21-/m1/s1. The number of fused-ring (bicyclic) bond motifs is 1. The molecule has 1 saturated heterocycles. The second-order valence-electron chi connectivity index (χ2n) is 8.08. The predicted molar refractivity (Wildman–Crippen MR) is 123 cm³/mol. The van der Waals surface area contributed by atoms with Crippen molar-refractivity contribution >= 4 is 16.6 Å². The van der Waals surface area contributed by atoms with Gasteiger partial charge in [0.2, 0.25) is 0 Å². The van der Waals surface area contributed by atoms with Gasteiger partial charge in [-0.25, -0.2) is 14.2 Å². The number of hydrogen-bond donors (Lipinski definition) is 2. The van der Waals surface area contributed by atoms with Gasteiger partial charge in [-0.2, -0.15) is 0 Å². The molecule has 0 bridgehead atoms. The van der Waals surface area contributed by atoms with E-state index >= 15 is 0 Å². The quantitative estimate of drug-likeness (QED) is 0.455. The number of phenols is 1. The van der Waals surface area contributed by atoms with Gasteiger partial charge in [-0.05, 0) is 62.2 Å². The van der Waals surface area contributed by atoms with Gasteiger partial charge in [0.1, 0.15) is 5.82 Å². The fourth-order valence-corrected chi connectivity index (χ4v) is 4.23. The van der Waals surface area contributed by atoms with Gasteiger partial charge in [-0.15, -0.1) is 0 Å². The van der Waals surface area contributed by atoms with Crippen LogP contribution in [0.1, 0.15) is 30.4 Å². The lowest BCUT2D eigenvalue weighted by atomic mass is 10.0. The van der Waals surface area contributed by atoms with Gasteiger partial charge in [0, 0.05) is 23.5 Å². The van der Waals surface area contributed by atoms with Crippen LogP contribution in [0.25, 0.3) is 32.6 Å². The van der Waals surface area contributed by atoms with Crippen LogP contribution in [0.5, 0.6) is 5.75 Å². The molecule has 3 heterocycles. The number of phenolic OH excluding ortho intramolecular Hbond substituents is 1. The average Bonchev–Trinajstić information content (AvgIpc) is 3.36. The summed E-state index contributed by atoms with van der Waals surface area (Å²) in [7, 11) is 0. The molecule has 0 saturated carbocycles. The number of rotatable bonds is 3. The van der Waals surface area contributed by atoms with Crippen LogP contribution >= 0.6 is 0 Å². The van der Waals surface area contributed by atoms with Crippen molar-refractivity contribution in [1.82, 2.24) is 19.9 Å². The van der Waals surface area contributed by atoms with E-state index in [1.54, 1.807) is 12.3 Å². The Kier molecular flexibility index (Phi) is 5.11. The molecule has 2 aromatic carbocycles. The summed E-state index contributed by atoms with van der Waals surface area (Å²) in [5, 5.41) is 13.3. The van der Waals surface area contributed by atoms with E-state index in [0.29, 0.717) is 22.6 Å². The maximum absolute atomic E-state index is 14.2. The lowest BCUT2D eigenvalue weighted by molar-refractivity contribution is 0.432. The zero-order valence-electron chi connectivity index (χ0n) is 17.8. The van der Waals surface area contributed by atoms with Crippen molar-refractivity contribution in [2.45, 2.75) is 25.8 Å². The highest BCUT2D eigenvalue weighted by atomic mass is 19.1. The Morgan fingerprint density at radius 1 is 1.24 bits per heavy atom. The van der Waals surface area contributed by atoms with Gasteiger partial charge < -0.3 is 10.4 Å². The Morgan fingerprint density at radius 2 is 2.09 bits per heavy atom. The van der Waals surface area contributed by atoms with Gasteiger partial charge in [-0.1, -0.05) is 6.07 Å². The summed E-state index contributed by atoms with van der Waals surface area (Å²) in [6, 6.07) is 10.6. The summed E-state index contributed by atoms with van der Waals surface area (Å²) in [6.07, 6.45) is 3.40. The molecule has 1 aliphatic heterocycles. The molecular weight excluding hydrogens is 421 g/mol. The second-order valence-corrected chi connectivity index (χ2v) is 8.08. The molecular formula is C25H20FN5O2. The first-order valence-electron chi connectivity index (χ1n) is 10.6. The fourth-order valence-electron chi connectivity index (χ4n) is 4.23. The van der Waals surface area contributed by atoms with Gasteiger partial charge in [0.25, 0.3) is 5.56 Å². The maximum atomic E-state index is 14.2. The van der Waals surface area contributed by atoms with Crippen LogP contribution in [0.15, 0.2) is 53.5 Å². The average molecular weight is 441 g/mol. The van der Waals surface area contributed by atoms with Crippen LogP contribution < -0.4 is 10.9 Å². The highest BCUT2D eigenvalue weighted by Gasteiger charge is 2.25. The summed E-state index contributed by atoms with van der Waals surface area (Å²) < 4.78 is 15.6. The number of aromatic nitrogens is 3. The number of benzene rings is 2. The SMILES string of the molecule is [C-]#[N+]c1cc(-c2ccc(C)nc2)c2nc([C@H]3CCCN3)n(-c3ccc(O)c(F)c3)c(=O)c2c1. The van der Waals surface area contributed by atoms with Crippen molar-refractivity contribution in [2.24, 2.45) is 0 Å². The molecule has 1 fully saturated rings. The molecule has 0 amide bonds. The Bertz CT molecular complexity index is 1480. The van der Waals surface area contributed by atoms with Crippen LogP contribution in [-0.2, 0) is 0 Å². The van der Waals surface area contributed by atoms with Crippen molar-refractivity contribution < 1.29 is 9.50 Å². The summed E-state index contributed by atoms with van der Waals surface area (Å²) in [5.74, 6) is -0.858. The van der Waals surface area contributed by atoms with E-state index in [0.717, 1.165) is 36.7 Å². The molecule has 2 N–H and O–H groups in total. The number of aromatic hydroxyl groups is 1. The number of halogens is 1. The van der Waals surface area contributed by atoms with Crippen LogP contribution in [0.2, 0.25) is 0 Å². The minimum Gasteiger partial charge on any atom is -0.505 e. The molecule has 0 spiro atoms. The molecule has 0 radical (unpaired) electrons. The van der Waals surface area contributed by atoms with Crippen LogP contribution in [-0.4, -0.2) is 26.2 Å². The monoisotopic (exact) mass is 441 g/mol. The van der Waals surface area contributed by atoms with Crippen molar-refractivity contribution in [1.29, 1.82) is 0 Å². The summed E-state index contributed by atoms with van der Waals surface area (Å²) >= 11 is 0. The van der Waals surface area contributed by atoms with Crippen molar-refractivity contribution in [3.63, 3.8) is 0 Å². The van der Waals surface area contributed by atoms with Gasteiger partial charge >= 0.3 is 0 Å². The van der Waals surface area contributed by atoms with Gasteiger partial charge in [0.15, 0.2) is 17.3 Å². The Labute approximate surface area is 189 Å². The first-order chi connectivity index (χ1) is 16.0. The molecule has 1 aliphatic rings. The van der Waals surface area contributed by atoms with Crippen LogP contribution in [0, 0.1) is 19.3 Å². The van der Waals surface area contributed by atoms with E-state index in [9.17, 15) is 14.3 Å². The van der Waals surface area contributed by atoms with Crippen LogP contribution in [0.3, 0.4) is 0 Å². The Balaban J connectivity index is 1.87. The third-order valence-electron chi connectivity index (χ3n) is 5.90. The highest BCUT2D eigenvalue weighted by Crippen LogP contribution is 2.33. The largest absolute Gasteiger partial charge is 0.505 e. The molecule has 4 aromatic rings. The molecule has 164 valence electrons. The lowest BCUT2D eigenvalue weighted by Gasteiger charge is -2.19. The van der Waals surface area contributed by atoms with E-state index in [1.807, 2.05) is 19.1 Å². The van der Waals surface area contributed by atoms with E-state index in [-0.39, 0.29) is 17.1 Å². The predicted octanol–water partition coefficient (Wildman–Crippen LogP) is 4.58. The van der Waals surface area contributed by atoms with Crippen molar-refractivity contribution in [2.75, 3.05) is 6.54 Å². The summed E-state index contributed by atoms with van der Waals surface area (Å²) in [5.41, 5.74) is 2.88. The number of pyridine rings is 1. The zero-order valence-corrected chi connectivity index (χ0v) is 17.8. The van der Waals surface area contributed by atoms with E-state index in [4.69, 9.17) is 11.6 Å². The molecule has 33 heavy (non-hydrogen) atoms.